The van der Waals surface area contributed by atoms with Gasteiger partial charge < -0.3 is 20.1 Å². The average Bonchev–Trinajstić information content (AvgIpc) is 2.30. The first-order valence-electron chi connectivity index (χ1n) is 6.54. The van der Waals surface area contributed by atoms with E-state index in [0.29, 0.717) is 38.4 Å². The molecule has 0 fully saturated rings. The van der Waals surface area contributed by atoms with Crippen LogP contribution in [0.4, 0.5) is 0 Å². The molecule has 3 N–H and O–H groups in total. The second kappa shape index (κ2) is 9.83. The summed E-state index contributed by atoms with van der Waals surface area (Å²) in [5.74, 6) is 0.519. The molecule has 0 aromatic carbocycles. The van der Waals surface area contributed by atoms with E-state index < -0.39 is 0 Å². The molecule has 0 spiro atoms. The van der Waals surface area contributed by atoms with Crippen LogP contribution in [0.3, 0.4) is 0 Å². The highest BCUT2D eigenvalue weighted by Gasteiger charge is 2.29. The fourth-order valence-corrected chi connectivity index (χ4v) is 1.90. The predicted octanol–water partition coefficient (Wildman–Crippen LogP) is 1.18. The van der Waals surface area contributed by atoms with Gasteiger partial charge in [0.25, 0.3) is 0 Å². The zero-order chi connectivity index (χ0) is 13.1. The zero-order valence-electron chi connectivity index (χ0n) is 11.2. The number of aliphatic hydroxyl groups excluding tert-OH is 3. The van der Waals surface area contributed by atoms with Gasteiger partial charge in [0.05, 0.1) is 6.61 Å². The molecule has 4 nitrogen and oxygen atoms in total. The molecular formula is C13H28O4. The first-order chi connectivity index (χ1) is 8.14. The molecule has 0 aromatic rings. The first-order valence-corrected chi connectivity index (χ1v) is 6.54. The van der Waals surface area contributed by atoms with Crippen molar-refractivity contribution in [2.45, 2.75) is 39.5 Å². The van der Waals surface area contributed by atoms with Crippen LogP contribution in [0, 0.1) is 11.3 Å². The van der Waals surface area contributed by atoms with Crippen molar-refractivity contribution in [2.75, 3.05) is 33.0 Å². The van der Waals surface area contributed by atoms with E-state index in [1.165, 1.54) is 0 Å². The number of hydrogen-bond acceptors (Lipinski definition) is 4. The summed E-state index contributed by atoms with van der Waals surface area (Å²) in [5, 5.41) is 27.3. The van der Waals surface area contributed by atoms with Crippen LogP contribution in [0.25, 0.3) is 0 Å². The van der Waals surface area contributed by atoms with E-state index in [0.717, 1.165) is 6.42 Å². The van der Waals surface area contributed by atoms with Gasteiger partial charge in [-0.05, 0) is 25.2 Å². The summed E-state index contributed by atoms with van der Waals surface area (Å²) in [7, 11) is 0. The van der Waals surface area contributed by atoms with E-state index in [1.807, 2.05) is 0 Å². The maximum atomic E-state index is 9.09. The second-order valence-electron chi connectivity index (χ2n) is 4.95. The van der Waals surface area contributed by atoms with Crippen molar-refractivity contribution in [1.29, 1.82) is 0 Å². The van der Waals surface area contributed by atoms with Crippen LogP contribution >= 0.6 is 0 Å². The molecule has 0 bridgehead atoms. The van der Waals surface area contributed by atoms with Crippen molar-refractivity contribution in [2.24, 2.45) is 11.3 Å². The van der Waals surface area contributed by atoms with Crippen molar-refractivity contribution < 1.29 is 20.1 Å². The van der Waals surface area contributed by atoms with Gasteiger partial charge in [-0.3, -0.25) is 0 Å². The maximum absolute atomic E-state index is 9.09. The van der Waals surface area contributed by atoms with Gasteiger partial charge in [-0.15, -0.1) is 0 Å². The molecule has 1 atom stereocenters. The third-order valence-electron chi connectivity index (χ3n) is 3.43. The molecule has 0 aromatic heterocycles. The Labute approximate surface area is 105 Å². The molecule has 0 amide bonds. The fourth-order valence-electron chi connectivity index (χ4n) is 1.90. The van der Waals surface area contributed by atoms with Gasteiger partial charge in [0.1, 0.15) is 0 Å². The van der Waals surface area contributed by atoms with Gasteiger partial charge in [-0.25, -0.2) is 0 Å². The van der Waals surface area contributed by atoms with E-state index in [1.54, 1.807) is 0 Å². The highest BCUT2D eigenvalue weighted by molar-refractivity contribution is 4.79. The van der Waals surface area contributed by atoms with Crippen LogP contribution in [-0.4, -0.2) is 48.4 Å². The van der Waals surface area contributed by atoms with E-state index in [9.17, 15) is 0 Å². The molecule has 0 radical (unpaired) electrons. The lowest BCUT2D eigenvalue weighted by Gasteiger charge is -2.32. The third kappa shape index (κ3) is 6.99. The predicted molar refractivity (Wildman–Crippen MR) is 67.8 cm³/mol. The Bertz CT molecular complexity index is 156. The van der Waals surface area contributed by atoms with Gasteiger partial charge in [0, 0.05) is 31.8 Å². The molecule has 0 saturated heterocycles. The Morgan fingerprint density at radius 2 is 1.47 bits per heavy atom. The van der Waals surface area contributed by atoms with Crippen LogP contribution < -0.4 is 0 Å². The summed E-state index contributed by atoms with van der Waals surface area (Å²) < 4.78 is 5.68. The smallest absolute Gasteiger partial charge is 0.0525 e. The number of aliphatic hydroxyl groups is 3. The lowest BCUT2D eigenvalue weighted by atomic mass is 9.79. The fraction of sp³-hybridized carbons (Fsp3) is 1.00. The zero-order valence-corrected chi connectivity index (χ0v) is 11.2. The summed E-state index contributed by atoms with van der Waals surface area (Å²) in [4.78, 5) is 0. The molecule has 17 heavy (non-hydrogen) atoms. The standard InChI is InChI=1S/C13H28O4/c1-3-12(2)10-17-11-13(4-7-14,5-8-15)6-9-16/h12,14-16H,3-11H2,1-2H3/t12-/m0/s1. The monoisotopic (exact) mass is 248 g/mol. The molecule has 0 saturated carbocycles. The lowest BCUT2D eigenvalue weighted by molar-refractivity contribution is -0.0120. The van der Waals surface area contributed by atoms with Gasteiger partial charge in [0.15, 0.2) is 0 Å². The summed E-state index contributed by atoms with van der Waals surface area (Å²) in [6.07, 6.45) is 2.77. The van der Waals surface area contributed by atoms with E-state index >= 15 is 0 Å². The molecule has 0 rings (SSSR count). The minimum Gasteiger partial charge on any atom is -0.396 e. The largest absolute Gasteiger partial charge is 0.396 e. The van der Waals surface area contributed by atoms with Crippen LogP contribution in [0.1, 0.15) is 39.5 Å². The topological polar surface area (TPSA) is 69.9 Å². The minimum atomic E-state index is -0.286. The SMILES string of the molecule is CC[C@H](C)COCC(CCO)(CCO)CCO. The first kappa shape index (κ1) is 16.8. The van der Waals surface area contributed by atoms with Crippen molar-refractivity contribution in [3.63, 3.8) is 0 Å². The number of hydrogen-bond donors (Lipinski definition) is 3. The number of ether oxygens (including phenoxy) is 1. The van der Waals surface area contributed by atoms with E-state index in [-0.39, 0.29) is 25.2 Å². The van der Waals surface area contributed by atoms with Crippen molar-refractivity contribution >= 4 is 0 Å². The van der Waals surface area contributed by atoms with Crippen LogP contribution in [0.5, 0.6) is 0 Å². The summed E-state index contributed by atoms with van der Waals surface area (Å²) >= 11 is 0. The minimum absolute atomic E-state index is 0.0622. The summed E-state index contributed by atoms with van der Waals surface area (Å²) in [6.45, 7) is 5.63. The molecule has 0 heterocycles. The van der Waals surface area contributed by atoms with Crippen molar-refractivity contribution in [3.05, 3.63) is 0 Å². The van der Waals surface area contributed by atoms with Crippen LogP contribution in [-0.2, 0) is 4.74 Å². The van der Waals surface area contributed by atoms with Gasteiger partial charge in [-0.2, -0.15) is 0 Å². The quantitative estimate of drug-likeness (QED) is 0.513. The summed E-state index contributed by atoms with van der Waals surface area (Å²) in [5.41, 5.74) is -0.286. The Morgan fingerprint density at radius 3 is 1.82 bits per heavy atom. The Hall–Kier alpha value is -0.160. The molecular weight excluding hydrogens is 220 g/mol. The van der Waals surface area contributed by atoms with Gasteiger partial charge in [0.2, 0.25) is 0 Å². The average molecular weight is 248 g/mol. The highest BCUT2D eigenvalue weighted by Crippen LogP contribution is 2.31. The third-order valence-corrected chi connectivity index (χ3v) is 3.43. The van der Waals surface area contributed by atoms with E-state index in [4.69, 9.17) is 20.1 Å². The van der Waals surface area contributed by atoms with Crippen molar-refractivity contribution in [3.8, 4) is 0 Å². The molecule has 0 aliphatic rings. The maximum Gasteiger partial charge on any atom is 0.0525 e. The second-order valence-corrected chi connectivity index (χ2v) is 4.95. The van der Waals surface area contributed by atoms with Crippen LogP contribution in [0.15, 0.2) is 0 Å². The highest BCUT2D eigenvalue weighted by atomic mass is 16.5. The van der Waals surface area contributed by atoms with Gasteiger partial charge >= 0.3 is 0 Å². The van der Waals surface area contributed by atoms with Gasteiger partial charge in [-0.1, -0.05) is 20.3 Å². The lowest BCUT2D eigenvalue weighted by Crippen LogP contribution is -2.31. The summed E-state index contributed by atoms with van der Waals surface area (Å²) in [6, 6.07) is 0. The molecule has 4 heteroatoms. The molecule has 0 unspecified atom stereocenters. The van der Waals surface area contributed by atoms with E-state index in [2.05, 4.69) is 13.8 Å². The molecule has 0 aliphatic heterocycles. The Kier molecular flexibility index (Phi) is 9.74. The van der Waals surface area contributed by atoms with Crippen LogP contribution in [0.2, 0.25) is 0 Å². The Morgan fingerprint density at radius 1 is 1.00 bits per heavy atom. The van der Waals surface area contributed by atoms with Crippen molar-refractivity contribution in [1.82, 2.24) is 0 Å². The number of rotatable bonds is 11. The normalized spacial score (nSPS) is 13.9. The molecule has 104 valence electrons. The molecule has 0 aliphatic carbocycles. The Balaban J connectivity index is 4.23.